The fourth-order valence-electron chi connectivity index (χ4n) is 2.98. The van der Waals surface area contributed by atoms with Crippen LogP contribution in [0.25, 0.3) is 0 Å². The van der Waals surface area contributed by atoms with Gasteiger partial charge in [-0.1, -0.05) is 12.1 Å². The average Bonchev–Trinajstić information content (AvgIpc) is 2.63. The van der Waals surface area contributed by atoms with Crippen LogP contribution in [0.1, 0.15) is 38.3 Å². The summed E-state index contributed by atoms with van der Waals surface area (Å²) in [6.45, 7) is 3.77. The van der Waals surface area contributed by atoms with E-state index in [4.69, 9.17) is 14.6 Å². The Morgan fingerprint density at radius 1 is 1.33 bits per heavy atom. The lowest BCUT2D eigenvalue weighted by Crippen LogP contribution is -2.48. The Kier molecular flexibility index (Phi) is 6.81. The minimum absolute atomic E-state index is 0.0644. The highest BCUT2D eigenvalue weighted by Crippen LogP contribution is 2.32. The largest absolute Gasteiger partial charge is 0.497 e. The van der Waals surface area contributed by atoms with Gasteiger partial charge < -0.3 is 19.9 Å². The minimum atomic E-state index is -0.936. The summed E-state index contributed by atoms with van der Waals surface area (Å²) in [4.78, 5) is 37.3. The summed E-state index contributed by atoms with van der Waals surface area (Å²) in [6, 6.07) is 6.02. The predicted octanol–water partition coefficient (Wildman–Crippen LogP) is 2.46. The number of amides is 2. The maximum Gasteiger partial charge on any atom is 0.338 e. The summed E-state index contributed by atoms with van der Waals surface area (Å²) >= 11 is 0. The number of carbonyl (C=O) groups is 3. The number of nitrogens with one attached hydrogen (secondary N) is 1. The van der Waals surface area contributed by atoms with Gasteiger partial charge in [-0.25, -0.2) is 9.59 Å². The lowest BCUT2D eigenvalue weighted by atomic mass is 9.94. The number of benzene rings is 1. The van der Waals surface area contributed by atoms with Gasteiger partial charge in [-0.05, 0) is 38.0 Å². The molecule has 0 spiro atoms. The molecule has 0 saturated carbocycles. The van der Waals surface area contributed by atoms with Crippen molar-refractivity contribution >= 4 is 18.0 Å². The third kappa shape index (κ3) is 4.78. The third-order valence-corrected chi connectivity index (χ3v) is 4.29. The zero-order valence-electron chi connectivity index (χ0n) is 15.7. The summed E-state index contributed by atoms with van der Waals surface area (Å²) in [6.07, 6.45) is 0.213. The van der Waals surface area contributed by atoms with Crippen molar-refractivity contribution in [1.82, 2.24) is 10.2 Å². The molecular formula is C19H24N2O6. The Bertz CT molecular complexity index is 758. The molecule has 1 aromatic rings. The maximum atomic E-state index is 12.6. The van der Waals surface area contributed by atoms with Gasteiger partial charge >= 0.3 is 18.0 Å². The lowest BCUT2D eigenvalue weighted by Gasteiger charge is -2.35. The molecule has 0 radical (unpaired) electrons. The van der Waals surface area contributed by atoms with Gasteiger partial charge in [-0.3, -0.25) is 9.69 Å². The van der Waals surface area contributed by atoms with E-state index in [-0.39, 0.29) is 26.0 Å². The maximum absolute atomic E-state index is 12.6. The number of rotatable bonds is 8. The van der Waals surface area contributed by atoms with E-state index >= 15 is 0 Å². The number of ether oxygens (including phenoxy) is 2. The molecule has 2 N–H and O–H groups in total. The molecule has 27 heavy (non-hydrogen) atoms. The van der Waals surface area contributed by atoms with Gasteiger partial charge in [0, 0.05) is 18.7 Å². The SMILES string of the molecule is CCOC(=O)C1=C(C)N(CCCC(=O)O)C(=O)NC1c1cccc(OC)c1. The van der Waals surface area contributed by atoms with Gasteiger partial charge in [0.2, 0.25) is 0 Å². The lowest BCUT2D eigenvalue weighted by molar-refractivity contribution is -0.139. The average molecular weight is 376 g/mol. The van der Waals surface area contributed by atoms with E-state index in [0.29, 0.717) is 22.6 Å². The molecule has 8 heteroatoms. The van der Waals surface area contributed by atoms with Crippen molar-refractivity contribution in [2.24, 2.45) is 0 Å². The van der Waals surface area contributed by atoms with Gasteiger partial charge in [0.1, 0.15) is 5.75 Å². The summed E-state index contributed by atoms with van der Waals surface area (Å²) in [7, 11) is 1.54. The van der Waals surface area contributed by atoms with Gasteiger partial charge in [0.15, 0.2) is 0 Å². The van der Waals surface area contributed by atoms with E-state index in [1.54, 1.807) is 38.1 Å². The van der Waals surface area contributed by atoms with Gasteiger partial charge in [0.05, 0.1) is 25.3 Å². The number of carboxylic acids is 1. The van der Waals surface area contributed by atoms with Crippen LogP contribution in [-0.4, -0.2) is 48.2 Å². The van der Waals surface area contributed by atoms with E-state index in [2.05, 4.69) is 5.32 Å². The van der Waals surface area contributed by atoms with Crippen LogP contribution < -0.4 is 10.1 Å². The van der Waals surface area contributed by atoms with E-state index in [1.165, 1.54) is 12.0 Å². The molecule has 0 bridgehead atoms. The molecule has 0 aliphatic carbocycles. The molecule has 0 aromatic heterocycles. The number of esters is 1. The number of carbonyl (C=O) groups excluding carboxylic acids is 2. The number of nitrogens with zero attached hydrogens (tertiary/aromatic N) is 1. The standard InChI is InChI=1S/C19H24N2O6/c1-4-27-18(24)16-12(2)21(10-6-9-15(22)23)19(25)20-17(16)13-7-5-8-14(11-13)26-3/h5,7-8,11,17H,4,6,9-10H2,1-3H3,(H,20,25)(H,22,23). The molecular weight excluding hydrogens is 352 g/mol. The molecule has 1 unspecified atom stereocenters. The Balaban J connectivity index is 2.41. The molecule has 0 saturated heterocycles. The quantitative estimate of drug-likeness (QED) is 0.675. The molecule has 1 aliphatic rings. The second kappa shape index (κ2) is 9.07. The number of aliphatic carboxylic acids is 1. The predicted molar refractivity (Wildman–Crippen MR) is 97.2 cm³/mol. The highest BCUT2D eigenvalue weighted by atomic mass is 16.5. The molecule has 8 nitrogen and oxygen atoms in total. The minimum Gasteiger partial charge on any atom is -0.497 e. The number of urea groups is 1. The van der Waals surface area contributed by atoms with E-state index in [1.807, 2.05) is 0 Å². The molecule has 2 rings (SSSR count). The van der Waals surface area contributed by atoms with Crippen LogP contribution in [0.5, 0.6) is 5.75 Å². The fourth-order valence-corrected chi connectivity index (χ4v) is 2.98. The Hall–Kier alpha value is -3.03. The first-order chi connectivity index (χ1) is 12.9. The van der Waals surface area contributed by atoms with Crippen LogP contribution in [0.3, 0.4) is 0 Å². The van der Waals surface area contributed by atoms with E-state index < -0.39 is 24.0 Å². The first kappa shape index (κ1) is 20.3. The summed E-state index contributed by atoms with van der Waals surface area (Å²) < 4.78 is 10.4. The highest BCUT2D eigenvalue weighted by molar-refractivity contribution is 5.95. The highest BCUT2D eigenvalue weighted by Gasteiger charge is 2.36. The van der Waals surface area contributed by atoms with Gasteiger partial charge in [-0.15, -0.1) is 0 Å². The fraction of sp³-hybridized carbons (Fsp3) is 0.421. The zero-order valence-corrected chi connectivity index (χ0v) is 15.7. The van der Waals surface area contributed by atoms with Crippen LogP contribution in [0.2, 0.25) is 0 Å². The van der Waals surface area contributed by atoms with Crippen molar-refractivity contribution in [2.45, 2.75) is 32.7 Å². The Morgan fingerprint density at radius 3 is 2.70 bits per heavy atom. The molecule has 1 aromatic carbocycles. The van der Waals surface area contributed by atoms with Crippen LogP contribution in [0.4, 0.5) is 4.79 Å². The van der Waals surface area contributed by atoms with Gasteiger partial charge in [0.25, 0.3) is 0 Å². The first-order valence-electron chi connectivity index (χ1n) is 8.70. The van der Waals surface area contributed by atoms with Gasteiger partial charge in [-0.2, -0.15) is 0 Å². The smallest absolute Gasteiger partial charge is 0.338 e. The monoisotopic (exact) mass is 376 g/mol. The molecule has 0 fully saturated rings. The van der Waals surface area contributed by atoms with Crippen molar-refractivity contribution in [1.29, 1.82) is 0 Å². The van der Waals surface area contributed by atoms with Crippen molar-refractivity contribution in [3.63, 3.8) is 0 Å². The van der Waals surface area contributed by atoms with Crippen molar-refractivity contribution < 1.29 is 29.0 Å². The van der Waals surface area contributed by atoms with Crippen LogP contribution >= 0.6 is 0 Å². The number of methoxy groups -OCH3 is 1. The summed E-state index contributed by atoms with van der Waals surface area (Å²) in [5, 5.41) is 11.6. The number of carboxylic acid groups (broad SMARTS) is 1. The number of allylic oxidation sites excluding steroid dienone is 1. The molecule has 1 aliphatic heterocycles. The topological polar surface area (TPSA) is 105 Å². The Morgan fingerprint density at radius 2 is 2.07 bits per heavy atom. The van der Waals surface area contributed by atoms with Crippen LogP contribution in [0, 0.1) is 0 Å². The Labute approximate surface area is 157 Å². The third-order valence-electron chi connectivity index (χ3n) is 4.29. The van der Waals surface area contributed by atoms with E-state index in [9.17, 15) is 14.4 Å². The van der Waals surface area contributed by atoms with Crippen molar-refractivity contribution in [3.8, 4) is 5.75 Å². The zero-order chi connectivity index (χ0) is 20.0. The van der Waals surface area contributed by atoms with Crippen LogP contribution in [0.15, 0.2) is 35.5 Å². The van der Waals surface area contributed by atoms with E-state index in [0.717, 1.165) is 0 Å². The second-order valence-electron chi connectivity index (χ2n) is 6.03. The first-order valence-corrected chi connectivity index (χ1v) is 8.70. The number of hydrogen-bond acceptors (Lipinski definition) is 5. The molecule has 2 amide bonds. The number of hydrogen-bond donors (Lipinski definition) is 2. The second-order valence-corrected chi connectivity index (χ2v) is 6.03. The molecule has 1 atom stereocenters. The van der Waals surface area contributed by atoms with Crippen molar-refractivity contribution in [3.05, 3.63) is 41.1 Å². The molecule has 146 valence electrons. The van der Waals surface area contributed by atoms with Crippen LogP contribution in [-0.2, 0) is 14.3 Å². The van der Waals surface area contributed by atoms with Crippen molar-refractivity contribution in [2.75, 3.05) is 20.3 Å². The molecule has 1 heterocycles. The summed E-state index contributed by atoms with van der Waals surface area (Å²) in [5.41, 5.74) is 1.46. The summed E-state index contributed by atoms with van der Waals surface area (Å²) in [5.74, 6) is -0.855. The normalized spacial score (nSPS) is 16.8.